The first kappa shape index (κ1) is 15.1. The molecule has 0 bridgehead atoms. The van der Waals surface area contributed by atoms with Crippen molar-refractivity contribution in [3.05, 3.63) is 48.5 Å². The molecule has 0 aromatic carbocycles. The predicted octanol–water partition coefficient (Wildman–Crippen LogP) is 1.97. The van der Waals surface area contributed by atoms with Gasteiger partial charge >= 0.3 is 0 Å². The van der Waals surface area contributed by atoms with Crippen LogP contribution in [0.15, 0.2) is 47.5 Å². The van der Waals surface area contributed by atoms with Gasteiger partial charge in [0.15, 0.2) is 5.65 Å². The van der Waals surface area contributed by atoms with E-state index in [1.807, 2.05) is 24.3 Å². The molecule has 9 nitrogen and oxygen atoms in total. The van der Waals surface area contributed by atoms with Crippen molar-refractivity contribution in [1.82, 2.24) is 29.9 Å². The highest BCUT2D eigenvalue weighted by Crippen LogP contribution is 2.21. The number of nitrogens with one attached hydrogen (secondary N) is 1. The average molecular weight is 337 g/mol. The van der Waals surface area contributed by atoms with Crippen LogP contribution >= 0.6 is 0 Å². The summed E-state index contributed by atoms with van der Waals surface area (Å²) in [7, 11) is 0. The molecule has 4 heterocycles. The van der Waals surface area contributed by atoms with Crippen LogP contribution in [0.1, 0.15) is 5.69 Å². The molecule has 0 atom stereocenters. The Morgan fingerprint density at radius 3 is 2.84 bits per heavy atom. The Kier molecular flexibility index (Phi) is 3.95. The van der Waals surface area contributed by atoms with E-state index in [0.29, 0.717) is 24.7 Å². The van der Waals surface area contributed by atoms with Gasteiger partial charge in [0.05, 0.1) is 18.4 Å². The van der Waals surface area contributed by atoms with E-state index < -0.39 is 0 Å². The number of rotatable bonds is 6. The molecule has 0 saturated heterocycles. The highest BCUT2D eigenvalue weighted by atomic mass is 16.6. The zero-order valence-corrected chi connectivity index (χ0v) is 13.5. The minimum absolute atomic E-state index is 0.401. The standard InChI is InChI=1S/C16H15N7O2/c1-11-16(22-25-21-11)24-9-8-18-15-10-13(12-2-5-17-6-3-12)20-14-4-7-19-23(14)15/h2-7,10,18H,8-9H2,1H3. The first-order chi connectivity index (χ1) is 12.3. The van der Waals surface area contributed by atoms with E-state index in [9.17, 15) is 0 Å². The van der Waals surface area contributed by atoms with Gasteiger partial charge in [-0.25, -0.2) is 9.61 Å². The van der Waals surface area contributed by atoms with Crippen LogP contribution in [0.3, 0.4) is 0 Å². The Morgan fingerprint density at radius 1 is 1.16 bits per heavy atom. The number of aromatic nitrogens is 6. The SMILES string of the molecule is Cc1nonc1OCCNc1cc(-c2ccncc2)nc2ccnn12. The Bertz CT molecular complexity index is 980. The van der Waals surface area contributed by atoms with Crippen molar-refractivity contribution in [2.75, 3.05) is 18.5 Å². The van der Waals surface area contributed by atoms with Gasteiger partial charge in [-0.05, 0) is 24.2 Å². The number of hydrogen-bond acceptors (Lipinski definition) is 8. The van der Waals surface area contributed by atoms with Gasteiger partial charge in [-0.15, -0.1) is 0 Å². The summed E-state index contributed by atoms with van der Waals surface area (Å²) in [5.41, 5.74) is 3.21. The van der Waals surface area contributed by atoms with Crippen molar-refractivity contribution in [2.24, 2.45) is 0 Å². The molecule has 0 fully saturated rings. The van der Waals surface area contributed by atoms with Crippen LogP contribution in [0.4, 0.5) is 5.82 Å². The second kappa shape index (κ2) is 6.56. The molecule has 0 aliphatic rings. The molecule has 126 valence electrons. The summed E-state index contributed by atoms with van der Waals surface area (Å²) in [5, 5.41) is 15.0. The van der Waals surface area contributed by atoms with Crippen molar-refractivity contribution in [3.63, 3.8) is 0 Å². The van der Waals surface area contributed by atoms with Crippen LogP contribution in [0.25, 0.3) is 16.9 Å². The molecule has 0 unspecified atom stereocenters. The molecule has 0 saturated carbocycles. The van der Waals surface area contributed by atoms with Crippen molar-refractivity contribution in [2.45, 2.75) is 6.92 Å². The van der Waals surface area contributed by atoms with E-state index in [2.05, 4.69) is 35.3 Å². The highest BCUT2D eigenvalue weighted by Gasteiger charge is 2.09. The lowest BCUT2D eigenvalue weighted by molar-refractivity contribution is 0.261. The van der Waals surface area contributed by atoms with Crippen LogP contribution in [-0.2, 0) is 0 Å². The fourth-order valence-electron chi connectivity index (χ4n) is 2.39. The monoisotopic (exact) mass is 337 g/mol. The second-order valence-electron chi connectivity index (χ2n) is 5.29. The smallest absolute Gasteiger partial charge is 0.278 e. The van der Waals surface area contributed by atoms with E-state index in [1.165, 1.54) is 0 Å². The largest absolute Gasteiger partial charge is 0.472 e. The Balaban J connectivity index is 1.52. The number of anilines is 1. The minimum Gasteiger partial charge on any atom is -0.472 e. The molecular formula is C16H15N7O2. The second-order valence-corrected chi connectivity index (χ2v) is 5.29. The molecule has 0 amide bonds. The average Bonchev–Trinajstić information content (AvgIpc) is 3.28. The van der Waals surface area contributed by atoms with Crippen LogP contribution in [0.5, 0.6) is 5.88 Å². The van der Waals surface area contributed by atoms with Gasteiger partial charge in [0.2, 0.25) is 0 Å². The van der Waals surface area contributed by atoms with Gasteiger partial charge in [-0.2, -0.15) is 9.61 Å². The zero-order chi connectivity index (χ0) is 17.1. The molecule has 25 heavy (non-hydrogen) atoms. The molecule has 1 N–H and O–H groups in total. The van der Waals surface area contributed by atoms with Crippen molar-refractivity contribution >= 4 is 11.5 Å². The van der Waals surface area contributed by atoms with Gasteiger partial charge in [0, 0.05) is 30.1 Å². The normalized spacial score (nSPS) is 10.9. The van der Waals surface area contributed by atoms with E-state index in [1.54, 1.807) is 30.0 Å². The molecular weight excluding hydrogens is 322 g/mol. The lowest BCUT2D eigenvalue weighted by Crippen LogP contribution is -2.14. The number of pyridine rings is 1. The number of ether oxygens (including phenoxy) is 1. The Hall–Kier alpha value is -3.49. The zero-order valence-electron chi connectivity index (χ0n) is 13.5. The lowest BCUT2D eigenvalue weighted by Gasteiger charge is -2.10. The highest BCUT2D eigenvalue weighted by molar-refractivity contribution is 5.65. The van der Waals surface area contributed by atoms with Gasteiger partial charge in [0.25, 0.3) is 5.88 Å². The molecule has 0 radical (unpaired) electrons. The number of hydrogen-bond donors (Lipinski definition) is 1. The van der Waals surface area contributed by atoms with Gasteiger partial charge in [-0.1, -0.05) is 5.16 Å². The first-order valence-electron chi connectivity index (χ1n) is 7.72. The maximum atomic E-state index is 5.52. The van der Waals surface area contributed by atoms with Crippen LogP contribution in [0, 0.1) is 6.92 Å². The molecule has 0 aliphatic heterocycles. The fraction of sp³-hybridized carbons (Fsp3) is 0.188. The third-order valence-corrected chi connectivity index (χ3v) is 3.59. The van der Waals surface area contributed by atoms with Crippen molar-refractivity contribution < 1.29 is 9.37 Å². The summed E-state index contributed by atoms with van der Waals surface area (Å²) in [4.78, 5) is 8.66. The molecule has 4 rings (SSSR count). The first-order valence-corrected chi connectivity index (χ1v) is 7.72. The molecule has 0 aliphatic carbocycles. The quantitative estimate of drug-likeness (QED) is 0.533. The van der Waals surface area contributed by atoms with E-state index in [4.69, 9.17) is 4.74 Å². The third-order valence-electron chi connectivity index (χ3n) is 3.59. The topological polar surface area (TPSA) is 103 Å². The van der Waals surface area contributed by atoms with Crippen molar-refractivity contribution in [3.8, 4) is 17.1 Å². The molecule has 4 aromatic heterocycles. The van der Waals surface area contributed by atoms with E-state index in [-0.39, 0.29) is 0 Å². The molecule has 0 spiro atoms. The molecule has 4 aromatic rings. The van der Waals surface area contributed by atoms with Gasteiger partial charge < -0.3 is 10.1 Å². The van der Waals surface area contributed by atoms with Crippen LogP contribution < -0.4 is 10.1 Å². The number of fused-ring (bicyclic) bond motifs is 1. The summed E-state index contributed by atoms with van der Waals surface area (Å²) in [6.07, 6.45) is 5.20. The fourth-order valence-corrected chi connectivity index (χ4v) is 2.39. The van der Waals surface area contributed by atoms with E-state index >= 15 is 0 Å². The number of nitrogens with zero attached hydrogens (tertiary/aromatic N) is 6. The molecule has 9 heteroatoms. The lowest BCUT2D eigenvalue weighted by atomic mass is 10.2. The summed E-state index contributed by atoms with van der Waals surface area (Å²) in [6, 6.07) is 7.64. The Labute approximate surface area is 142 Å². The van der Waals surface area contributed by atoms with Crippen LogP contribution in [-0.4, -0.2) is 43.0 Å². The van der Waals surface area contributed by atoms with E-state index in [0.717, 1.165) is 22.7 Å². The Morgan fingerprint density at radius 2 is 2.04 bits per heavy atom. The summed E-state index contributed by atoms with van der Waals surface area (Å²) in [5.74, 6) is 1.22. The maximum absolute atomic E-state index is 5.52. The van der Waals surface area contributed by atoms with Gasteiger partial charge in [-0.3, -0.25) is 4.98 Å². The van der Waals surface area contributed by atoms with Gasteiger partial charge in [0.1, 0.15) is 18.1 Å². The summed E-state index contributed by atoms with van der Waals surface area (Å²) in [6.45, 7) is 2.74. The third kappa shape index (κ3) is 3.11. The van der Waals surface area contributed by atoms with Crippen LogP contribution in [0.2, 0.25) is 0 Å². The number of aryl methyl sites for hydroxylation is 1. The maximum Gasteiger partial charge on any atom is 0.278 e. The minimum atomic E-state index is 0.401. The summed E-state index contributed by atoms with van der Waals surface area (Å²) < 4.78 is 11.9. The van der Waals surface area contributed by atoms with Crippen molar-refractivity contribution in [1.29, 1.82) is 0 Å². The summed E-state index contributed by atoms with van der Waals surface area (Å²) >= 11 is 0. The predicted molar refractivity (Wildman–Crippen MR) is 89.2 cm³/mol.